The normalized spacial score (nSPS) is 15.0. The number of rotatable bonds is 3. The Labute approximate surface area is 99.4 Å². The lowest BCUT2D eigenvalue weighted by Gasteiger charge is -2.11. The molecule has 90 valence electrons. The van der Waals surface area contributed by atoms with Crippen LogP contribution in [0.25, 0.3) is 0 Å². The monoisotopic (exact) mass is 262 g/mol. The Kier molecular flexibility index (Phi) is 3.77. The van der Waals surface area contributed by atoms with Crippen molar-refractivity contribution in [3.8, 4) is 11.5 Å². The zero-order valence-corrected chi connectivity index (χ0v) is 10.6. The Morgan fingerprint density at radius 3 is 2.31 bits per heavy atom. The molecule has 1 atom stereocenters. The van der Waals surface area contributed by atoms with Crippen LogP contribution in [0.3, 0.4) is 0 Å². The Morgan fingerprint density at radius 1 is 1.31 bits per heavy atom. The summed E-state index contributed by atoms with van der Waals surface area (Å²) < 4.78 is 20.5. The zero-order valence-electron chi connectivity index (χ0n) is 9.01. The second-order valence-electron chi connectivity index (χ2n) is 4.02. The van der Waals surface area contributed by atoms with Gasteiger partial charge < -0.3 is 14.8 Å². The molecule has 16 heavy (non-hydrogen) atoms. The molecule has 0 radical (unpaired) electrons. The Hall–Kier alpha value is -0.850. The van der Waals surface area contributed by atoms with Crippen LogP contribution in [0.1, 0.15) is 19.4 Å². The standard InChI is InChI=1S/C10H14O4S2/c1-6(2)3-7-4-10(16(13,14)15)9(12)5-8(7)11/h4-6,11-12H,3H2,1-2H3,(H,13,14,15). The first-order valence-electron chi connectivity index (χ1n) is 4.74. The molecular weight excluding hydrogens is 248 g/mol. The summed E-state index contributed by atoms with van der Waals surface area (Å²) in [4.78, 5) is -0.212. The molecular formula is C10H14O4S2. The SMILES string of the molecule is CC(C)Cc1cc(S(=O)(O)=S)c(O)cc1O. The first kappa shape index (κ1) is 13.2. The summed E-state index contributed by atoms with van der Waals surface area (Å²) in [6.45, 7) is 3.91. The van der Waals surface area contributed by atoms with Crippen molar-refractivity contribution in [2.24, 2.45) is 5.92 Å². The van der Waals surface area contributed by atoms with Crippen molar-refractivity contribution in [1.29, 1.82) is 0 Å². The lowest BCUT2D eigenvalue weighted by atomic mass is 10.0. The molecule has 0 fully saturated rings. The Bertz CT molecular complexity index is 492. The molecule has 1 rings (SSSR count). The molecule has 0 bridgehead atoms. The number of phenols is 2. The highest BCUT2D eigenvalue weighted by atomic mass is 32.8. The molecule has 4 nitrogen and oxygen atoms in total. The summed E-state index contributed by atoms with van der Waals surface area (Å²) in [6.07, 6.45) is 0.546. The van der Waals surface area contributed by atoms with Crippen molar-refractivity contribution >= 4 is 20.0 Å². The molecule has 0 heterocycles. The summed E-state index contributed by atoms with van der Waals surface area (Å²) in [6, 6.07) is 2.34. The smallest absolute Gasteiger partial charge is 0.174 e. The fourth-order valence-corrected chi connectivity index (χ4v) is 2.42. The maximum absolute atomic E-state index is 11.3. The van der Waals surface area contributed by atoms with Crippen LogP contribution in [0.5, 0.6) is 11.5 Å². The lowest BCUT2D eigenvalue weighted by Crippen LogP contribution is -2.01. The predicted octanol–water partition coefficient (Wildman–Crippen LogP) is 1.87. The summed E-state index contributed by atoms with van der Waals surface area (Å²) in [5, 5.41) is 19.0. The van der Waals surface area contributed by atoms with Gasteiger partial charge in [-0.2, -0.15) is 0 Å². The van der Waals surface area contributed by atoms with E-state index in [4.69, 9.17) is 0 Å². The van der Waals surface area contributed by atoms with Crippen LogP contribution in [-0.2, 0) is 26.4 Å². The number of aromatic hydroxyl groups is 2. The molecule has 0 aromatic heterocycles. The molecule has 0 aliphatic rings. The van der Waals surface area contributed by atoms with Gasteiger partial charge in [-0.15, -0.1) is 0 Å². The molecule has 0 saturated heterocycles. The van der Waals surface area contributed by atoms with E-state index >= 15 is 0 Å². The van der Waals surface area contributed by atoms with Crippen LogP contribution in [0.4, 0.5) is 0 Å². The number of phenolic OH excluding ortho intramolecular Hbond substituents is 2. The third-order valence-electron chi connectivity index (χ3n) is 2.07. The van der Waals surface area contributed by atoms with E-state index in [-0.39, 0.29) is 16.6 Å². The molecule has 1 aromatic carbocycles. The van der Waals surface area contributed by atoms with E-state index in [9.17, 15) is 19.0 Å². The van der Waals surface area contributed by atoms with E-state index in [0.29, 0.717) is 12.0 Å². The van der Waals surface area contributed by atoms with E-state index < -0.39 is 14.5 Å². The van der Waals surface area contributed by atoms with Crippen LogP contribution in [0.2, 0.25) is 0 Å². The van der Waals surface area contributed by atoms with Gasteiger partial charge in [0.2, 0.25) is 0 Å². The van der Waals surface area contributed by atoms with Crippen LogP contribution in [0, 0.1) is 5.92 Å². The molecule has 6 heteroatoms. The highest BCUT2D eigenvalue weighted by molar-refractivity contribution is 8.29. The minimum Gasteiger partial charge on any atom is -0.508 e. The van der Waals surface area contributed by atoms with Crippen molar-refractivity contribution in [1.82, 2.24) is 0 Å². The van der Waals surface area contributed by atoms with Crippen LogP contribution in [0.15, 0.2) is 17.0 Å². The predicted molar refractivity (Wildman–Crippen MR) is 64.7 cm³/mol. The van der Waals surface area contributed by atoms with Crippen molar-refractivity contribution in [3.05, 3.63) is 17.7 Å². The number of hydrogen-bond acceptors (Lipinski definition) is 4. The van der Waals surface area contributed by atoms with E-state index in [2.05, 4.69) is 11.2 Å². The van der Waals surface area contributed by atoms with Gasteiger partial charge in [-0.05, 0) is 24.0 Å². The van der Waals surface area contributed by atoms with E-state index in [1.54, 1.807) is 0 Å². The third-order valence-corrected chi connectivity index (χ3v) is 3.49. The van der Waals surface area contributed by atoms with Gasteiger partial charge in [0.05, 0.1) is 0 Å². The summed E-state index contributed by atoms with van der Waals surface area (Å²) in [7, 11) is -3.64. The van der Waals surface area contributed by atoms with Crippen molar-refractivity contribution in [2.45, 2.75) is 25.2 Å². The van der Waals surface area contributed by atoms with Gasteiger partial charge in [-0.3, -0.25) is 0 Å². The van der Waals surface area contributed by atoms with Crippen LogP contribution >= 0.6 is 0 Å². The summed E-state index contributed by atoms with van der Waals surface area (Å²) >= 11 is 4.40. The van der Waals surface area contributed by atoms with Gasteiger partial charge in [0.1, 0.15) is 16.4 Å². The minimum atomic E-state index is -3.64. The summed E-state index contributed by atoms with van der Waals surface area (Å²) in [5.41, 5.74) is 0.509. The number of benzene rings is 1. The van der Waals surface area contributed by atoms with Crippen LogP contribution < -0.4 is 0 Å². The lowest BCUT2D eigenvalue weighted by molar-refractivity contribution is 0.431. The van der Waals surface area contributed by atoms with Crippen molar-refractivity contribution in [2.75, 3.05) is 0 Å². The van der Waals surface area contributed by atoms with E-state index in [1.165, 1.54) is 6.07 Å². The van der Waals surface area contributed by atoms with Gasteiger partial charge >= 0.3 is 0 Å². The van der Waals surface area contributed by atoms with Crippen molar-refractivity contribution < 1.29 is 19.0 Å². The third kappa shape index (κ3) is 3.07. The largest absolute Gasteiger partial charge is 0.508 e. The molecule has 0 saturated carbocycles. The van der Waals surface area contributed by atoms with Gasteiger partial charge in [0.25, 0.3) is 0 Å². The molecule has 0 spiro atoms. The topological polar surface area (TPSA) is 77.8 Å². The average Bonchev–Trinajstić information content (AvgIpc) is 2.06. The maximum atomic E-state index is 11.3. The molecule has 3 N–H and O–H groups in total. The Morgan fingerprint density at radius 2 is 1.88 bits per heavy atom. The van der Waals surface area contributed by atoms with E-state index in [1.807, 2.05) is 13.8 Å². The quantitative estimate of drug-likeness (QED) is 0.775. The second-order valence-corrected chi connectivity index (χ2v) is 6.77. The molecule has 1 unspecified atom stereocenters. The molecule has 0 amide bonds. The van der Waals surface area contributed by atoms with Crippen LogP contribution in [-0.4, -0.2) is 19.0 Å². The first-order valence-corrected chi connectivity index (χ1v) is 7.18. The molecule has 1 aromatic rings. The minimum absolute atomic E-state index is 0.0893. The Balaban J connectivity index is 3.33. The van der Waals surface area contributed by atoms with Gasteiger partial charge in [-0.1, -0.05) is 13.8 Å². The number of hydrogen-bond donors (Lipinski definition) is 3. The van der Waals surface area contributed by atoms with Gasteiger partial charge in [-0.25, -0.2) is 4.21 Å². The van der Waals surface area contributed by atoms with Crippen molar-refractivity contribution in [3.63, 3.8) is 0 Å². The van der Waals surface area contributed by atoms with Gasteiger partial charge in [0, 0.05) is 17.3 Å². The zero-order chi connectivity index (χ0) is 12.5. The van der Waals surface area contributed by atoms with E-state index in [0.717, 1.165) is 6.07 Å². The molecule has 0 aliphatic heterocycles. The highest BCUT2D eigenvalue weighted by Crippen LogP contribution is 2.31. The maximum Gasteiger partial charge on any atom is 0.174 e. The summed E-state index contributed by atoms with van der Waals surface area (Å²) in [5.74, 6) is -0.260. The highest BCUT2D eigenvalue weighted by Gasteiger charge is 2.16. The average molecular weight is 262 g/mol. The first-order chi connectivity index (χ1) is 7.21. The fraction of sp³-hybridized carbons (Fsp3) is 0.400. The second kappa shape index (κ2) is 4.57. The fourth-order valence-electron chi connectivity index (χ4n) is 1.41. The van der Waals surface area contributed by atoms with Gasteiger partial charge in [0.15, 0.2) is 8.77 Å². The molecule has 0 aliphatic carbocycles.